The van der Waals surface area contributed by atoms with Crippen LogP contribution in [0, 0.1) is 0 Å². The van der Waals surface area contributed by atoms with Crippen molar-refractivity contribution in [2.24, 2.45) is 5.73 Å². The standard InChI is InChI=1S/C23H25F3N6O3/c1-14(27)18(33)13-28-12-16-7-5-9-21(30-16)32-17(10-20(31-32)23(24,25)26)22(34)29-11-15-6-3-4-8-19(15)35-2/h3-10,14,28H,11-13,27H2,1-2H3,(H,29,34)/t14-/m0/s1. The van der Waals surface area contributed by atoms with Crippen molar-refractivity contribution in [2.75, 3.05) is 13.7 Å². The Bertz CT molecular complexity index is 1190. The van der Waals surface area contributed by atoms with Gasteiger partial charge in [-0.3, -0.25) is 9.59 Å². The van der Waals surface area contributed by atoms with Crippen molar-refractivity contribution >= 4 is 11.7 Å². The Morgan fingerprint density at radius 1 is 1.14 bits per heavy atom. The second kappa shape index (κ2) is 11.1. The topological polar surface area (TPSA) is 124 Å². The van der Waals surface area contributed by atoms with Gasteiger partial charge in [-0.2, -0.15) is 18.3 Å². The number of nitrogens with one attached hydrogen (secondary N) is 2. The molecule has 0 fully saturated rings. The Hall–Kier alpha value is -3.77. The van der Waals surface area contributed by atoms with Gasteiger partial charge in [0.1, 0.15) is 11.4 Å². The number of benzene rings is 1. The lowest BCUT2D eigenvalue weighted by Crippen LogP contribution is -2.35. The summed E-state index contributed by atoms with van der Waals surface area (Å²) < 4.78 is 46.3. The summed E-state index contributed by atoms with van der Waals surface area (Å²) in [6.07, 6.45) is -4.76. The number of alkyl halides is 3. The van der Waals surface area contributed by atoms with Crippen LogP contribution in [0.2, 0.25) is 0 Å². The molecule has 0 saturated heterocycles. The zero-order chi connectivity index (χ0) is 25.6. The first-order valence-electron chi connectivity index (χ1n) is 10.6. The van der Waals surface area contributed by atoms with Crippen LogP contribution in [0.15, 0.2) is 48.5 Å². The molecule has 0 aliphatic heterocycles. The van der Waals surface area contributed by atoms with Crippen LogP contribution in [-0.2, 0) is 24.1 Å². The molecule has 1 amide bonds. The van der Waals surface area contributed by atoms with E-state index < -0.39 is 23.8 Å². The number of ketones is 1. The molecule has 1 aromatic carbocycles. The fraction of sp³-hybridized carbons (Fsp3) is 0.304. The normalized spacial score (nSPS) is 12.3. The van der Waals surface area contributed by atoms with Gasteiger partial charge in [0.2, 0.25) is 0 Å². The average Bonchev–Trinajstić information content (AvgIpc) is 3.29. The lowest BCUT2D eigenvalue weighted by molar-refractivity contribution is -0.141. The molecule has 0 bridgehead atoms. The number of carbonyl (C=O) groups is 2. The molecule has 0 unspecified atom stereocenters. The summed E-state index contributed by atoms with van der Waals surface area (Å²) >= 11 is 0. The Labute approximate surface area is 199 Å². The van der Waals surface area contributed by atoms with E-state index in [9.17, 15) is 22.8 Å². The lowest BCUT2D eigenvalue weighted by Gasteiger charge is -2.11. The molecule has 3 rings (SSSR count). The molecule has 2 aromatic heterocycles. The van der Waals surface area contributed by atoms with Crippen LogP contribution in [0.4, 0.5) is 13.2 Å². The second-order valence-corrected chi connectivity index (χ2v) is 7.66. The predicted octanol–water partition coefficient (Wildman–Crippen LogP) is 2.23. The van der Waals surface area contributed by atoms with E-state index >= 15 is 0 Å². The summed E-state index contributed by atoms with van der Waals surface area (Å²) in [7, 11) is 1.48. The number of amides is 1. The van der Waals surface area contributed by atoms with Crippen molar-refractivity contribution in [2.45, 2.75) is 32.2 Å². The van der Waals surface area contributed by atoms with E-state index in [1.807, 2.05) is 0 Å². The van der Waals surface area contributed by atoms with Crippen LogP contribution in [0.5, 0.6) is 5.75 Å². The molecule has 2 heterocycles. The van der Waals surface area contributed by atoms with Crippen molar-refractivity contribution in [3.8, 4) is 11.6 Å². The highest BCUT2D eigenvalue weighted by Crippen LogP contribution is 2.29. The zero-order valence-corrected chi connectivity index (χ0v) is 19.1. The van der Waals surface area contributed by atoms with Crippen LogP contribution in [-0.4, -0.2) is 46.2 Å². The van der Waals surface area contributed by atoms with Crippen LogP contribution in [0.25, 0.3) is 5.82 Å². The highest BCUT2D eigenvalue weighted by atomic mass is 19.4. The van der Waals surface area contributed by atoms with Gasteiger partial charge in [-0.15, -0.1) is 0 Å². The maximum absolute atomic E-state index is 13.4. The number of hydrogen-bond acceptors (Lipinski definition) is 7. The molecule has 0 spiro atoms. The van der Waals surface area contributed by atoms with E-state index in [-0.39, 0.29) is 36.9 Å². The summed E-state index contributed by atoms with van der Waals surface area (Å²) in [5.41, 5.74) is 5.04. The number of ether oxygens (including phenoxy) is 1. The quantitative estimate of drug-likeness (QED) is 0.398. The molecule has 12 heteroatoms. The van der Waals surface area contributed by atoms with Crippen LogP contribution >= 0.6 is 0 Å². The fourth-order valence-electron chi connectivity index (χ4n) is 3.13. The monoisotopic (exact) mass is 490 g/mol. The van der Waals surface area contributed by atoms with Crippen molar-refractivity contribution in [3.05, 3.63) is 71.2 Å². The predicted molar refractivity (Wildman–Crippen MR) is 121 cm³/mol. The number of rotatable bonds is 10. The number of aromatic nitrogens is 3. The van der Waals surface area contributed by atoms with E-state index in [1.165, 1.54) is 13.2 Å². The number of para-hydroxylation sites is 1. The molecule has 1 atom stereocenters. The number of carbonyl (C=O) groups excluding carboxylic acids is 2. The molecule has 0 saturated carbocycles. The van der Waals surface area contributed by atoms with Gasteiger partial charge in [-0.05, 0) is 25.1 Å². The Morgan fingerprint density at radius 2 is 1.89 bits per heavy atom. The molecule has 0 aliphatic carbocycles. The van der Waals surface area contributed by atoms with E-state index in [4.69, 9.17) is 10.5 Å². The number of halogens is 3. The molecule has 4 N–H and O–H groups in total. The van der Waals surface area contributed by atoms with Crippen molar-refractivity contribution in [3.63, 3.8) is 0 Å². The smallest absolute Gasteiger partial charge is 0.435 e. The van der Waals surface area contributed by atoms with E-state index in [1.54, 1.807) is 43.3 Å². The molecule has 3 aromatic rings. The highest BCUT2D eigenvalue weighted by Gasteiger charge is 2.36. The van der Waals surface area contributed by atoms with Crippen molar-refractivity contribution in [1.29, 1.82) is 0 Å². The SMILES string of the molecule is COc1ccccc1CNC(=O)c1cc(C(F)(F)F)nn1-c1cccc(CNCC(=O)[C@H](C)N)n1. The van der Waals surface area contributed by atoms with Gasteiger partial charge in [-0.1, -0.05) is 24.3 Å². The van der Waals surface area contributed by atoms with Crippen LogP contribution in [0.3, 0.4) is 0 Å². The van der Waals surface area contributed by atoms with Gasteiger partial charge in [0.15, 0.2) is 17.3 Å². The van der Waals surface area contributed by atoms with Gasteiger partial charge >= 0.3 is 6.18 Å². The molecule has 9 nitrogen and oxygen atoms in total. The number of nitrogens with two attached hydrogens (primary N) is 1. The third-order valence-electron chi connectivity index (χ3n) is 4.99. The second-order valence-electron chi connectivity index (χ2n) is 7.66. The average molecular weight is 490 g/mol. The van der Waals surface area contributed by atoms with Gasteiger partial charge in [0.25, 0.3) is 5.91 Å². The van der Waals surface area contributed by atoms with E-state index in [0.717, 1.165) is 4.68 Å². The van der Waals surface area contributed by atoms with Gasteiger partial charge < -0.3 is 21.1 Å². The number of methoxy groups -OCH3 is 1. The summed E-state index contributed by atoms with van der Waals surface area (Å²) in [6.45, 7) is 1.77. The van der Waals surface area contributed by atoms with Crippen LogP contribution < -0.4 is 21.1 Å². The number of nitrogens with zero attached hydrogens (tertiary/aromatic N) is 3. The minimum Gasteiger partial charge on any atom is -0.496 e. The van der Waals surface area contributed by atoms with Crippen molar-refractivity contribution < 1.29 is 27.5 Å². The first-order valence-corrected chi connectivity index (χ1v) is 10.6. The summed E-state index contributed by atoms with van der Waals surface area (Å²) in [4.78, 5) is 28.8. The summed E-state index contributed by atoms with van der Waals surface area (Å²) in [6, 6.07) is 11.6. The number of pyridine rings is 1. The summed E-state index contributed by atoms with van der Waals surface area (Å²) in [5, 5.41) is 9.07. The molecular weight excluding hydrogens is 465 g/mol. The molecule has 35 heavy (non-hydrogen) atoms. The van der Waals surface area contributed by atoms with Gasteiger partial charge in [0.05, 0.1) is 25.4 Å². The van der Waals surface area contributed by atoms with Crippen molar-refractivity contribution in [1.82, 2.24) is 25.4 Å². The fourth-order valence-corrected chi connectivity index (χ4v) is 3.13. The zero-order valence-electron chi connectivity index (χ0n) is 19.1. The highest BCUT2D eigenvalue weighted by molar-refractivity contribution is 5.93. The lowest BCUT2D eigenvalue weighted by atomic mass is 10.2. The molecular formula is C23H25F3N6O3. The van der Waals surface area contributed by atoms with Crippen LogP contribution in [0.1, 0.15) is 34.4 Å². The Balaban J connectivity index is 1.85. The maximum atomic E-state index is 13.4. The Kier molecular flexibility index (Phi) is 8.20. The number of hydrogen-bond donors (Lipinski definition) is 3. The minimum atomic E-state index is -4.76. The maximum Gasteiger partial charge on any atom is 0.435 e. The Morgan fingerprint density at radius 3 is 2.57 bits per heavy atom. The first-order chi connectivity index (χ1) is 16.6. The largest absolute Gasteiger partial charge is 0.496 e. The molecule has 186 valence electrons. The minimum absolute atomic E-state index is 0.0141. The summed E-state index contributed by atoms with van der Waals surface area (Å²) in [5.74, 6) is -0.425. The number of Topliss-reactive ketones (excluding diaryl/α,β-unsaturated/α-hetero) is 1. The molecule has 0 radical (unpaired) electrons. The van der Waals surface area contributed by atoms with Gasteiger partial charge in [0, 0.05) is 24.7 Å². The molecule has 0 aliphatic rings. The van der Waals surface area contributed by atoms with E-state index in [2.05, 4.69) is 20.7 Å². The van der Waals surface area contributed by atoms with Gasteiger partial charge in [-0.25, -0.2) is 9.67 Å². The van der Waals surface area contributed by atoms with E-state index in [0.29, 0.717) is 23.1 Å². The third-order valence-corrected chi connectivity index (χ3v) is 4.99. The first kappa shape index (κ1) is 25.8. The third kappa shape index (κ3) is 6.64.